The Morgan fingerprint density at radius 3 is 2.82 bits per heavy atom. The third-order valence-electron chi connectivity index (χ3n) is 4.53. The smallest absolute Gasteiger partial charge is 0.191 e. The number of aryl methyl sites for hydroxylation is 1. The van der Waals surface area contributed by atoms with Gasteiger partial charge < -0.3 is 29.7 Å². The van der Waals surface area contributed by atoms with Gasteiger partial charge in [-0.25, -0.2) is 0 Å². The highest BCUT2D eigenvalue weighted by atomic mass is 127. The van der Waals surface area contributed by atoms with Gasteiger partial charge in [0.1, 0.15) is 0 Å². The lowest BCUT2D eigenvalue weighted by Gasteiger charge is -2.30. The van der Waals surface area contributed by atoms with E-state index in [0.717, 1.165) is 63.1 Å². The van der Waals surface area contributed by atoms with Crippen LogP contribution in [-0.4, -0.2) is 77.6 Å². The minimum Gasteiger partial charge on any atom is -0.493 e. The maximum atomic E-state index is 5.77. The van der Waals surface area contributed by atoms with Crippen LogP contribution in [0, 0.1) is 0 Å². The molecule has 0 amide bonds. The van der Waals surface area contributed by atoms with E-state index in [2.05, 4.69) is 39.7 Å². The van der Waals surface area contributed by atoms with Crippen LogP contribution >= 0.6 is 24.0 Å². The van der Waals surface area contributed by atoms with Crippen molar-refractivity contribution in [2.45, 2.75) is 25.9 Å². The van der Waals surface area contributed by atoms with Gasteiger partial charge in [-0.3, -0.25) is 4.99 Å². The molecule has 0 bridgehead atoms. The molecule has 0 saturated carbocycles. The number of benzene rings is 1. The van der Waals surface area contributed by atoms with Gasteiger partial charge in [0.05, 0.1) is 26.4 Å². The highest BCUT2D eigenvalue weighted by Crippen LogP contribution is 2.28. The average Bonchev–Trinajstić information content (AvgIpc) is 2.68. The maximum Gasteiger partial charge on any atom is 0.191 e. The number of hydrogen-bond donors (Lipinski definition) is 2. The van der Waals surface area contributed by atoms with Crippen LogP contribution in [0.4, 0.5) is 0 Å². The number of likely N-dealkylation sites (N-methyl/N-ethyl adjacent to an activating group) is 1. The van der Waals surface area contributed by atoms with E-state index in [4.69, 9.17) is 14.2 Å². The molecule has 2 rings (SSSR count). The quantitative estimate of drug-likeness (QED) is 0.232. The molecule has 2 N–H and O–H groups in total. The molecule has 1 unspecified atom stereocenters. The van der Waals surface area contributed by atoms with Crippen LogP contribution in [-0.2, 0) is 11.2 Å². The summed E-state index contributed by atoms with van der Waals surface area (Å²) in [4.78, 5) is 6.57. The maximum absolute atomic E-state index is 5.77. The van der Waals surface area contributed by atoms with Gasteiger partial charge in [-0.15, -0.1) is 24.0 Å². The molecule has 1 aromatic carbocycles. The van der Waals surface area contributed by atoms with Crippen molar-refractivity contribution in [1.82, 2.24) is 15.5 Å². The number of ether oxygens (including phenoxy) is 3. The Labute approximate surface area is 186 Å². The summed E-state index contributed by atoms with van der Waals surface area (Å²) in [6.45, 7) is 6.96. The van der Waals surface area contributed by atoms with Gasteiger partial charge in [-0.1, -0.05) is 6.07 Å². The summed E-state index contributed by atoms with van der Waals surface area (Å²) in [5, 5.41) is 6.72. The van der Waals surface area contributed by atoms with Crippen LogP contribution in [0.2, 0.25) is 0 Å². The zero-order valence-electron chi connectivity index (χ0n) is 17.5. The minimum absolute atomic E-state index is 0. The standard InChI is InChI=1S/C20H34N4O3.HI/c1-5-26-19-13-16(8-9-18(19)25-4)7-6-10-22-20(21-2)23-14-17-15-24(3)11-12-27-17;/h8-9,13,17H,5-7,10-12,14-15H2,1-4H3,(H2,21,22,23);1H. The number of rotatable bonds is 9. The van der Waals surface area contributed by atoms with Gasteiger partial charge in [-0.2, -0.15) is 0 Å². The Kier molecular flexibility index (Phi) is 12.2. The van der Waals surface area contributed by atoms with Gasteiger partial charge in [-0.05, 0) is 44.5 Å². The number of methoxy groups -OCH3 is 1. The fraction of sp³-hybridized carbons (Fsp3) is 0.650. The third kappa shape index (κ3) is 8.40. The number of aliphatic imine (C=N–C) groups is 1. The summed E-state index contributed by atoms with van der Waals surface area (Å²) in [5.41, 5.74) is 1.24. The van der Waals surface area contributed by atoms with E-state index in [9.17, 15) is 0 Å². The van der Waals surface area contributed by atoms with Crippen molar-refractivity contribution in [2.75, 3.05) is 60.6 Å². The molecule has 0 radical (unpaired) electrons. The molecule has 7 nitrogen and oxygen atoms in total. The molecule has 1 aliphatic rings. The Bertz CT molecular complexity index is 601. The topological polar surface area (TPSA) is 67.4 Å². The normalized spacial score (nSPS) is 17.6. The van der Waals surface area contributed by atoms with Gasteiger partial charge in [0, 0.05) is 33.2 Å². The van der Waals surface area contributed by atoms with E-state index in [1.807, 2.05) is 13.0 Å². The van der Waals surface area contributed by atoms with Gasteiger partial charge in [0.25, 0.3) is 0 Å². The molecule has 1 heterocycles. The number of hydrogen-bond acceptors (Lipinski definition) is 5. The van der Waals surface area contributed by atoms with Crippen molar-refractivity contribution in [1.29, 1.82) is 0 Å². The van der Waals surface area contributed by atoms with E-state index in [1.54, 1.807) is 14.2 Å². The SMILES string of the molecule is CCOc1cc(CCCNC(=NC)NCC2CN(C)CCO2)ccc1OC.I. The Balaban J connectivity index is 0.00000392. The zero-order valence-corrected chi connectivity index (χ0v) is 19.8. The molecular weight excluding hydrogens is 471 g/mol. The van der Waals surface area contributed by atoms with E-state index >= 15 is 0 Å². The highest BCUT2D eigenvalue weighted by Gasteiger charge is 2.17. The number of nitrogens with one attached hydrogen (secondary N) is 2. The molecule has 0 aromatic heterocycles. The fourth-order valence-electron chi connectivity index (χ4n) is 3.07. The van der Waals surface area contributed by atoms with Crippen molar-refractivity contribution in [3.8, 4) is 11.5 Å². The van der Waals surface area contributed by atoms with Crippen LogP contribution in [0.25, 0.3) is 0 Å². The van der Waals surface area contributed by atoms with Crippen molar-refractivity contribution >= 4 is 29.9 Å². The van der Waals surface area contributed by atoms with Crippen molar-refractivity contribution < 1.29 is 14.2 Å². The van der Waals surface area contributed by atoms with Gasteiger partial charge >= 0.3 is 0 Å². The molecule has 0 aliphatic carbocycles. The summed E-state index contributed by atoms with van der Waals surface area (Å²) in [5.74, 6) is 2.40. The first-order valence-electron chi connectivity index (χ1n) is 9.70. The lowest BCUT2D eigenvalue weighted by molar-refractivity contribution is -0.0161. The Morgan fingerprint density at radius 1 is 1.32 bits per heavy atom. The Morgan fingerprint density at radius 2 is 2.14 bits per heavy atom. The second-order valence-corrected chi connectivity index (χ2v) is 6.66. The Hall–Kier alpha value is -1.26. The molecule has 1 saturated heterocycles. The summed E-state index contributed by atoms with van der Waals surface area (Å²) in [6.07, 6.45) is 2.17. The van der Waals surface area contributed by atoms with Crippen LogP contribution in [0.3, 0.4) is 0 Å². The number of halogens is 1. The van der Waals surface area contributed by atoms with Crippen LogP contribution in [0.5, 0.6) is 11.5 Å². The zero-order chi connectivity index (χ0) is 19.5. The average molecular weight is 506 g/mol. The number of nitrogens with zero attached hydrogens (tertiary/aromatic N) is 2. The summed E-state index contributed by atoms with van der Waals surface area (Å²) in [7, 11) is 5.58. The van der Waals surface area contributed by atoms with Crippen LogP contribution in [0.1, 0.15) is 18.9 Å². The lowest BCUT2D eigenvalue weighted by atomic mass is 10.1. The minimum atomic E-state index is 0. The summed E-state index contributed by atoms with van der Waals surface area (Å²) < 4.78 is 16.7. The molecule has 1 aromatic rings. The predicted octanol–water partition coefficient (Wildman–Crippen LogP) is 2.14. The highest BCUT2D eigenvalue weighted by molar-refractivity contribution is 14.0. The van der Waals surface area contributed by atoms with Crippen molar-refractivity contribution in [2.24, 2.45) is 4.99 Å². The van der Waals surface area contributed by atoms with E-state index in [1.165, 1.54) is 5.56 Å². The lowest BCUT2D eigenvalue weighted by Crippen LogP contribution is -2.48. The molecule has 1 aliphatic heterocycles. The van der Waals surface area contributed by atoms with Crippen molar-refractivity contribution in [3.05, 3.63) is 23.8 Å². The summed E-state index contributed by atoms with van der Waals surface area (Å²) >= 11 is 0. The first kappa shape index (κ1) is 24.8. The summed E-state index contributed by atoms with van der Waals surface area (Å²) in [6, 6.07) is 6.12. The van der Waals surface area contributed by atoms with Gasteiger partial charge in [0.15, 0.2) is 17.5 Å². The molecule has 28 heavy (non-hydrogen) atoms. The number of morpholine rings is 1. The van der Waals surface area contributed by atoms with Crippen LogP contribution < -0.4 is 20.1 Å². The molecule has 1 fully saturated rings. The molecule has 160 valence electrons. The van der Waals surface area contributed by atoms with Crippen LogP contribution in [0.15, 0.2) is 23.2 Å². The molecule has 1 atom stereocenters. The molecule has 0 spiro atoms. The second kappa shape index (κ2) is 13.8. The monoisotopic (exact) mass is 506 g/mol. The largest absolute Gasteiger partial charge is 0.493 e. The predicted molar refractivity (Wildman–Crippen MR) is 125 cm³/mol. The first-order chi connectivity index (χ1) is 13.2. The van der Waals surface area contributed by atoms with E-state index < -0.39 is 0 Å². The van der Waals surface area contributed by atoms with E-state index in [0.29, 0.717) is 6.61 Å². The second-order valence-electron chi connectivity index (χ2n) is 6.66. The van der Waals surface area contributed by atoms with Crippen molar-refractivity contribution in [3.63, 3.8) is 0 Å². The number of guanidine groups is 1. The molecular formula is C20H35IN4O3. The van der Waals surface area contributed by atoms with E-state index in [-0.39, 0.29) is 30.1 Å². The molecule has 8 heteroatoms. The fourth-order valence-corrected chi connectivity index (χ4v) is 3.07. The third-order valence-corrected chi connectivity index (χ3v) is 4.53. The first-order valence-corrected chi connectivity index (χ1v) is 9.70. The van der Waals surface area contributed by atoms with Gasteiger partial charge in [0.2, 0.25) is 0 Å².